The summed E-state index contributed by atoms with van der Waals surface area (Å²) in [5.74, 6) is -1.55. The van der Waals surface area contributed by atoms with Gasteiger partial charge in [0, 0.05) is 13.6 Å². The summed E-state index contributed by atoms with van der Waals surface area (Å²) in [6.07, 6.45) is 1.24. The van der Waals surface area contributed by atoms with Crippen LogP contribution < -0.4 is 9.62 Å². The molecule has 2 amide bonds. The first-order valence-corrected chi connectivity index (χ1v) is 12.3. The van der Waals surface area contributed by atoms with E-state index in [4.69, 9.17) is 23.2 Å². The van der Waals surface area contributed by atoms with Crippen molar-refractivity contribution in [1.29, 1.82) is 0 Å². The lowest BCUT2D eigenvalue weighted by atomic mass is 10.1. The van der Waals surface area contributed by atoms with E-state index in [1.165, 1.54) is 24.1 Å². The summed E-state index contributed by atoms with van der Waals surface area (Å²) in [5.41, 5.74) is 0.743. The summed E-state index contributed by atoms with van der Waals surface area (Å²) < 4.78 is 39.0. The number of hydrogen-bond donors (Lipinski definition) is 1. The number of likely N-dealkylation sites (N-methyl/N-ethyl adjacent to an activating group) is 1. The Labute approximate surface area is 197 Å². The van der Waals surface area contributed by atoms with Crippen molar-refractivity contribution in [2.45, 2.75) is 25.9 Å². The Hall–Kier alpha value is -2.36. The zero-order chi connectivity index (χ0) is 24.1. The van der Waals surface area contributed by atoms with Gasteiger partial charge in [-0.1, -0.05) is 36.2 Å². The lowest BCUT2D eigenvalue weighted by Crippen LogP contribution is -2.51. The number of sulfonamides is 1. The Morgan fingerprint density at radius 3 is 2.22 bits per heavy atom. The van der Waals surface area contributed by atoms with Crippen molar-refractivity contribution in [2.24, 2.45) is 0 Å². The fourth-order valence-corrected chi connectivity index (χ4v) is 4.31. The molecule has 0 aliphatic heterocycles. The molecule has 0 unspecified atom stereocenters. The number of halogens is 3. The average Bonchev–Trinajstić information content (AvgIpc) is 2.74. The van der Waals surface area contributed by atoms with Crippen molar-refractivity contribution >= 4 is 50.7 Å². The first-order valence-electron chi connectivity index (χ1n) is 9.66. The van der Waals surface area contributed by atoms with Crippen LogP contribution in [0.4, 0.5) is 10.1 Å². The molecule has 2 rings (SSSR count). The molecule has 174 valence electrons. The van der Waals surface area contributed by atoms with Crippen molar-refractivity contribution < 1.29 is 22.4 Å². The first-order chi connectivity index (χ1) is 15.0. The monoisotopic (exact) mass is 503 g/mol. The van der Waals surface area contributed by atoms with Crippen LogP contribution in [0.15, 0.2) is 42.5 Å². The summed E-state index contributed by atoms with van der Waals surface area (Å²) in [6, 6.07) is 8.71. The lowest BCUT2D eigenvalue weighted by Gasteiger charge is -2.32. The molecule has 0 aliphatic carbocycles. The van der Waals surface area contributed by atoms with E-state index in [0.29, 0.717) is 17.0 Å². The van der Waals surface area contributed by atoms with Gasteiger partial charge in [-0.2, -0.15) is 0 Å². The van der Waals surface area contributed by atoms with Gasteiger partial charge in [-0.05, 0) is 48.4 Å². The second-order valence-electron chi connectivity index (χ2n) is 7.05. The Morgan fingerprint density at radius 2 is 1.72 bits per heavy atom. The van der Waals surface area contributed by atoms with E-state index < -0.39 is 40.2 Å². The van der Waals surface area contributed by atoms with Crippen molar-refractivity contribution in [1.82, 2.24) is 10.2 Å². The molecule has 0 aliphatic rings. The van der Waals surface area contributed by atoms with Gasteiger partial charge in [-0.15, -0.1) is 0 Å². The molecule has 0 spiro atoms. The number of benzene rings is 2. The number of carbonyl (C=O) groups excluding carboxylic acids is 2. The van der Waals surface area contributed by atoms with Crippen LogP contribution >= 0.6 is 23.2 Å². The highest BCUT2D eigenvalue weighted by Gasteiger charge is 2.31. The van der Waals surface area contributed by atoms with Crippen LogP contribution in [0.25, 0.3) is 0 Å². The smallest absolute Gasteiger partial charge is 0.244 e. The van der Waals surface area contributed by atoms with Gasteiger partial charge in [-0.25, -0.2) is 12.8 Å². The molecule has 2 aromatic carbocycles. The molecule has 32 heavy (non-hydrogen) atoms. The van der Waals surface area contributed by atoms with Crippen LogP contribution in [0.3, 0.4) is 0 Å². The molecule has 0 radical (unpaired) electrons. The van der Waals surface area contributed by atoms with Crippen molar-refractivity contribution in [3.05, 3.63) is 63.9 Å². The van der Waals surface area contributed by atoms with Crippen LogP contribution in [0.5, 0.6) is 0 Å². The standard InChI is InChI=1S/C21H24Cl2FN3O4S/c1-4-19(21(29)25-2)26(12-14-5-10-17(22)18(23)11-14)20(28)13-27(32(3,30)31)16-8-6-15(24)7-9-16/h5-11,19H,4,12-13H2,1-3H3,(H,25,29)/t19-/m0/s1. The van der Waals surface area contributed by atoms with E-state index in [1.807, 2.05) is 0 Å². The highest BCUT2D eigenvalue weighted by atomic mass is 35.5. The van der Waals surface area contributed by atoms with Crippen molar-refractivity contribution in [3.8, 4) is 0 Å². The maximum absolute atomic E-state index is 13.3. The molecule has 0 saturated carbocycles. The summed E-state index contributed by atoms with van der Waals surface area (Å²) in [6.45, 7) is 1.17. The number of carbonyl (C=O) groups is 2. The summed E-state index contributed by atoms with van der Waals surface area (Å²) in [4.78, 5) is 27.1. The normalized spacial score (nSPS) is 12.2. The summed E-state index contributed by atoms with van der Waals surface area (Å²) in [7, 11) is -2.43. The second kappa shape index (κ2) is 11.0. The third kappa shape index (κ3) is 6.57. The maximum atomic E-state index is 13.3. The molecule has 0 bridgehead atoms. The Kier molecular flexibility index (Phi) is 8.89. The van der Waals surface area contributed by atoms with Crippen LogP contribution in [0.2, 0.25) is 10.0 Å². The number of nitrogens with one attached hydrogen (secondary N) is 1. The third-order valence-corrected chi connectivity index (χ3v) is 6.64. The zero-order valence-corrected chi connectivity index (χ0v) is 20.1. The number of amides is 2. The summed E-state index contributed by atoms with van der Waals surface area (Å²) >= 11 is 12.0. The van der Waals surface area contributed by atoms with Gasteiger partial charge in [0.1, 0.15) is 18.4 Å². The molecule has 1 atom stereocenters. The topological polar surface area (TPSA) is 86.8 Å². The second-order valence-corrected chi connectivity index (χ2v) is 9.78. The molecule has 0 saturated heterocycles. The Balaban J connectivity index is 2.43. The van der Waals surface area contributed by atoms with Gasteiger partial charge in [-0.3, -0.25) is 13.9 Å². The highest BCUT2D eigenvalue weighted by Crippen LogP contribution is 2.25. The Bertz CT molecular complexity index is 1080. The number of anilines is 1. The molecule has 2 aromatic rings. The minimum Gasteiger partial charge on any atom is -0.357 e. The minimum atomic E-state index is -3.88. The van der Waals surface area contributed by atoms with E-state index in [9.17, 15) is 22.4 Å². The quantitative estimate of drug-likeness (QED) is 0.567. The van der Waals surface area contributed by atoms with Crippen LogP contribution in [0.1, 0.15) is 18.9 Å². The van der Waals surface area contributed by atoms with E-state index >= 15 is 0 Å². The van der Waals surface area contributed by atoms with E-state index in [-0.39, 0.29) is 17.3 Å². The molecular weight excluding hydrogens is 480 g/mol. The lowest BCUT2D eigenvalue weighted by molar-refractivity contribution is -0.140. The SMILES string of the molecule is CC[C@@H](C(=O)NC)N(Cc1ccc(Cl)c(Cl)c1)C(=O)CN(c1ccc(F)cc1)S(C)(=O)=O. The van der Waals surface area contributed by atoms with Gasteiger partial charge in [0.25, 0.3) is 0 Å². The molecule has 7 nitrogen and oxygen atoms in total. The van der Waals surface area contributed by atoms with Crippen molar-refractivity contribution in [3.63, 3.8) is 0 Å². The average molecular weight is 504 g/mol. The first kappa shape index (κ1) is 25.9. The third-order valence-electron chi connectivity index (χ3n) is 4.76. The number of nitrogens with zero attached hydrogens (tertiary/aromatic N) is 2. The molecule has 0 fully saturated rings. The molecular formula is C21H24Cl2FN3O4S. The maximum Gasteiger partial charge on any atom is 0.244 e. The van der Waals surface area contributed by atoms with Gasteiger partial charge in [0.2, 0.25) is 21.8 Å². The number of rotatable bonds is 9. The molecule has 1 N–H and O–H groups in total. The predicted molar refractivity (Wildman–Crippen MR) is 124 cm³/mol. The molecule has 11 heteroatoms. The van der Waals surface area contributed by atoms with Gasteiger partial charge in [0.15, 0.2) is 0 Å². The largest absolute Gasteiger partial charge is 0.357 e. The number of hydrogen-bond acceptors (Lipinski definition) is 4. The fourth-order valence-electron chi connectivity index (χ4n) is 3.14. The van der Waals surface area contributed by atoms with E-state index in [0.717, 1.165) is 22.7 Å². The minimum absolute atomic E-state index is 0.00265. The van der Waals surface area contributed by atoms with Crippen LogP contribution in [0, 0.1) is 5.82 Å². The predicted octanol–water partition coefficient (Wildman–Crippen LogP) is 3.45. The molecule has 0 heterocycles. The summed E-state index contributed by atoms with van der Waals surface area (Å²) in [5, 5.41) is 3.15. The highest BCUT2D eigenvalue weighted by molar-refractivity contribution is 7.92. The van der Waals surface area contributed by atoms with Crippen LogP contribution in [-0.4, -0.2) is 51.0 Å². The Morgan fingerprint density at radius 1 is 1.09 bits per heavy atom. The van der Waals surface area contributed by atoms with Crippen LogP contribution in [-0.2, 0) is 26.2 Å². The fraction of sp³-hybridized carbons (Fsp3) is 0.333. The van der Waals surface area contributed by atoms with E-state index in [2.05, 4.69) is 5.32 Å². The van der Waals surface area contributed by atoms with Gasteiger partial charge >= 0.3 is 0 Å². The molecule has 0 aromatic heterocycles. The van der Waals surface area contributed by atoms with E-state index in [1.54, 1.807) is 25.1 Å². The zero-order valence-electron chi connectivity index (χ0n) is 17.8. The van der Waals surface area contributed by atoms with Gasteiger partial charge < -0.3 is 10.2 Å². The van der Waals surface area contributed by atoms with Crippen molar-refractivity contribution in [2.75, 3.05) is 24.2 Å². The van der Waals surface area contributed by atoms with Gasteiger partial charge in [0.05, 0.1) is 22.0 Å².